The van der Waals surface area contributed by atoms with Crippen molar-refractivity contribution >= 4 is 5.97 Å². The monoisotopic (exact) mass is 424 g/mol. The van der Waals surface area contributed by atoms with Crippen molar-refractivity contribution in [3.8, 4) is 0 Å². The highest BCUT2D eigenvalue weighted by atomic mass is 16.7. The van der Waals surface area contributed by atoms with Crippen LogP contribution < -0.4 is 0 Å². The van der Waals surface area contributed by atoms with Gasteiger partial charge in [0.05, 0.1) is 24.7 Å². The van der Waals surface area contributed by atoms with E-state index in [0.29, 0.717) is 12.0 Å². The van der Waals surface area contributed by atoms with E-state index in [1.165, 1.54) is 0 Å². The van der Waals surface area contributed by atoms with Crippen LogP contribution in [-0.2, 0) is 19.0 Å². The van der Waals surface area contributed by atoms with Gasteiger partial charge in [0.15, 0.2) is 6.29 Å². The van der Waals surface area contributed by atoms with Crippen molar-refractivity contribution < 1.29 is 44.5 Å². The Hall–Kier alpha value is -1.59. The van der Waals surface area contributed by atoms with Gasteiger partial charge in [-0.15, -0.1) is 0 Å². The predicted molar refractivity (Wildman–Crippen MR) is 102 cm³/mol. The summed E-state index contributed by atoms with van der Waals surface area (Å²) in [6, 6.07) is 0. The number of hydrogen-bond donors (Lipinski definition) is 5. The molecule has 0 amide bonds. The number of fused-ring (bicyclic) bond motifs is 3. The first-order valence-electron chi connectivity index (χ1n) is 10.1. The van der Waals surface area contributed by atoms with E-state index in [-0.39, 0.29) is 23.8 Å². The van der Waals surface area contributed by atoms with Crippen molar-refractivity contribution in [2.24, 2.45) is 17.8 Å². The van der Waals surface area contributed by atoms with E-state index in [1.54, 1.807) is 0 Å². The zero-order chi connectivity index (χ0) is 21.9. The number of hydrogen-bond acceptors (Lipinski definition) is 9. The minimum atomic E-state index is -1.55. The Morgan fingerprint density at radius 2 is 1.73 bits per heavy atom. The largest absolute Gasteiger partial charge is 0.458 e. The van der Waals surface area contributed by atoms with Gasteiger partial charge in [-0.2, -0.15) is 0 Å². The van der Waals surface area contributed by atoms with Crippen molar-refractivity contribution in [3.05, 3.63) is 36.5 Å². The summed E-state index contributed by atoms with van der Waals surface area (Å²) in [6.07, 6.45) is -8.30. The molecule has 0 aromatic heterocycles. The molecule has 30 heavy (non-hydrogen) atoms. The zero-order valence-corrected chi connectivity index (χ0v) is 16.5. The number of esters is 1. The Morgan fingerprint density at radius 1 is 1.03 bits per heavy atom. The van der Waals surface area contributed by atoms with Gasteiger partial charge in [0, 0.05) is 11.5 Å². The lowest BCUT2D eigenvalue weighted by Crippen LogP contribution is -2.59. The van der Waals surface area contributed by atoms with Crippen LogP contribution in [0.5, 0.6) is 0 Å². The van der Waals surface area contributed by atoms with Crippen LogP contribution in [0.1, 0.15) is 12.8 Å². The standard InChI is InChI=1S/C21H28O9/c1-7-4-11(23)15-9(3)20(27)30-19(15)14-8(2)12(5-10(7)14)28-21-18(26)17(25)16(24)13(6-22)29-21/h10-19,21-26H,1-6H2/t10-,11-,12+,13+,14-,15+,16+,17-,18+,19+,21+/m0/s1. The lowest BCUT2D eigenvalue weighted by atomic mass is 9.81. The molecule has 5 N–H and O–H groups in total. The Balaban J connectivity index is 1.56. The van der Waals surface area contributed by atoms with E-state index in [9.17, 15) is 30.3 Å². The molecule has 0 aromatic carbocycles. The first kappa shape index (κ1) is 21.6. The normalized spacial score (nSPS) is 48.9. The van der Waals surface area contributed by atoms with Crippen LogP contribution in [0, 0.1) is 17.8 Å². The molecular formula is C21H28O9. The van der Waals surface area contributed by atoms with Crippen LogP contribution in [0.2, 0.25) is 0 Å². The molecule has 0 spiro atoms. The smallest absolute Gasteiger partial charge is 0.334 e. The SMILES string of the molecule is C=C1C(=O)O[C@@H]2[C@H]3C(=C)[C@H](O[C@@H]4O[C@H](CO)[C@@H](O)[C@H](O)[C@H]4O)C[C@H]3C(=C)C[C@H](O)[C@@H]12. The number of ether oxygens (including phenoxy) is 3. The van der Waals surface area contributed by atoms with Crippen LogP contribution >= 0.6 is 0 Å². The summed E-state index contributed by atoms with van der Waals surface area (Å²) in [5, 5.41) is 50.2. The Labute approximate surface area is 173 Å². The minimum absolute atomic E-state index is 0.171. The van der Waals surface area contributed by atoms with Crippen LogP contribution in [0.25, 0.3) is 0 Å². The van der Waals surface area contributed by atoms with Crippen molar-refractivity contribution in [2.45, 2.75) is 61.9 Å². The highest BCUT2D eigenvalue weighted by molar-refractivity contribution is 5.91. The van der Waals surface area contributed by atoms with Crippen molar-refractivity contribution in [3.63, 3.8) is 0 Å². The molecule has 0 bridgehead atoms. The molecule has 4 aliphatic rings. The molecule has 4 fully saturated rings. The minimum Gasteiger partial charge on any atom is -0.458 e. The molecular weight excluding hydrogens is 396 g/mol. The summed E-state index contributed by atoms with van der Waals surface area (Å²) < 4.78 is 16.9. The molecule has 2 saturated heterocycles. The molecule has 0 unspecified atom stereocenters. The van der Waals surface area contributed by atoms with E-state index in [4.69, 9.17) is 14.2 Å². The van der Waals surface area contributed by atoms with E-state index in [2.05, 4.69) is 19.7 Å². The second-order valence-corrected chi connectivity index (χ2v) is 8.62. The summed E-state index contributed by atoms with van der Waals surface area (Å²) in [4.78, 5) is 12.1. The maximum absolute atomic E-state index is 12.1. The average Bonchev–Trinajstić information content (AvgIpc) is 3.15. The zero-order valence-electron chi connectivity index (χ0n) is 16.5. The summed E-state index contributed by atoms with van der Waals surface area (Å²) >= 11 is 0. The number of rotatable bonds is 3. The topological polar surface area (TPSA) is 146 Å². The van der Waals surface area contributed by atoms with Crippen molar-refractivity contribution in [1.29, 1.82) is 0 Å². The second kappa shape index (κ2) is 7.83. The van der Waals surface area contributed by atoms with Gasteiger partial charge in [-0.3, -0.25) is 0 Å². The second-order valence-electron chi connectivity index (χ2n) is 8.62. The highest BCUT2D eigenvalue weighted by Crippen LogP contribution is 2.53. The fraction of sp³-hybridized carbons (Fsp3) is 0.667. The summed E-state index contributed by atoms with van der Waals surface area (Å²) in [5.74, 6) is -1.62. The maximum Gasteiger partial charge on any atom is 0.334 e. The molecule has 2 heterocycles. The van der Waals surface area contributed by atoms with Crippen LogP contribution in [0.4, 0.5) is 0 Å². The third kappa shape index (κ3) is 3.25. The van der Waals surface area contributed by atoms with E-state index < -0.39 is 67.5 Å². The fourth-order valence-corrected chi connectivity index (χ4v) is 5.25. The van der Waals surface area contributed by atoms with Gasteiger partial charge < -0.3 is 39.7 Å². The van der Waals surface area contributed by atoms with E-state index >= 15 is 0 Å². The van der Waals surface area contributed by atoms with Gasteiger partial charge in [0.25, 0.3) is 0 Å². The van der Waals surface area contributed by atoms with Gasteiger partial charge >= 0.3 is 5.97 Å². The maximum atomic E-state index is 12.1. The van der Waals surface area contributed by atoms with Gasteiger partial charge in [0.2, 0.25) is 0 Å². The van der Waals surface area contributed by atoms with Gasteiger partial charge in [-0.25, -0.2) is 4.79 Å². The molecule has 11 atom stereocenters. The summed E-state index contributed by atoms with van der Waals surface area (Å²) in [7, 11) is 0. The van der Waals surface area contributed by atoms with Crippen LogP contribution in [-0.4, -0.2) is 87.1 Å². The molecule has 2 saturated carbocycles. The number of aliphatic hydroxyl groups excluding tert-OH is 5. The summed E-state index contributed by atoms with van der Waals surface area (Å²) in [5.41, 5.74) is 1.61. The molecule has 2 aliphatic heterocycles. The van der Waals surface area contributed by atoms with Gasteiger partial charge in [-0.05, 0) is 24.3 Å². The molecule has 2 aliphatic carbocycles. The Bertz CT molecular complexity index is 762. The van der Waals surface area contributed by atoms with Crippen LogP contribution in [0.3, 0.4) is 0 Å². The van der Waals surface area contributed by atoms with Gasteiger partial charge in [-0.1, -0.05) is 25.3 Å². The first-order chi connectivity index (χ1) is 14.1. The third-order valence-electron chi connectivity index (χ3n) is 6.92. The summed E-state index contributed by atoms with van der Waals surface area (Å²) in [6.45, 7) is 11.5. The average molecular weight is 424 g/mol. The molecule has 4 rings (SSSR count). The third-order valence-corrected chi connectivity index (χ3v) is 6.92. The van der Waals surface area contributed by atoms with Crippen molar-refractivity contribution in [1.82, 2.24) is 0 Å². The van der Waals surface area contributed by atoms with E-state index in [1.807, 2.05) is 0 Å². The molecule has 9 heteroatoms. The predicted octanol–water partition coefficient (Wildman–Crippen LogP) is -1.22. The molecule has 0 aromatic rings. The highest BCUT2D eigenvalue weighted by Gasteiger charge is 2.56. The number of aliphatic hydroxyl groups is 5. The Morgan fingerprint density at radius 3 is 2.40 bits per heavy atom. The Kier molecular flexibility index (Phi) is 5.65. The van der Waals surface area contributed by atoms with Gasteiger partial charge in [0.1, 0.15) is 30.5 Å². The lowest BCUT2D eigenvalue weighted by molar-refractivity contribution is -0.308. The molecule has 0 radical (unpaired) electrons. The van der Waals surface area contributed by atoms with Crippen LogP contribution in [0.15, 0.2) is 36.5 Å². The number of carbonyl (C=O) groups excluding carboxylic acids is 1. The number of carbonyl (C=O) groups is 1. The quantitative estimate of drug-likeness (QED) is 0.214. The lowest BCUT2D eigenvalue weighted by Gasteiger charge is -2.40. The fourth-order valence-electron chi connectivity index (χ4n) is 5.25. The molecule has 9 nitrogen and oxygen atoms in total. The molecule has 166 valence electrons. The van der Waals surface area contributed by atoms with E-state index in [0.717, 1.165) is 5.57 Å². The first-order valence-corrected chi connectivity index (χ1v) is 10.1. The van der Waals surface area contributed by atoms with Crippen molar-refractivity contribution in [2.75, 3.05) is 6.61 Å².